The number of hydrogen-bond donors (Lipinski definition) is 1. The van der Waals surface area contributed by atoms with Crippen molar-refractivity contribution in [1.29, 1.82) is 0 Å². The van der Waals surface area contributed by atoms with E-state index in [1.54, 1.807) is 0 Å². The molecule has 2 aliphatic heterocycles. The Morgan fingerprint density at radius 1 is 1.50 bits per heavy atom. The van der Waals surface area contributed by atoms with Crippen LogP contribution in [0, 0.1) is 5.92 Å². The summed E-state index contributed by atoms with van der Waals surface area (Å²) in [5.41, 5.74) is 0.230. The number of thioether (sulfide) groups is 1. The number of allylic oxidation sites excluding steroid dienone is 1. The van der Waals surface area contributed by atoms with Gasteiger partial charge in [-0.2, -0.15) is 11.8 Å². The van der Waals surface area contributed by atoms with Gasteiger partial charge >= 0.3 is 0 Å². The molecule has 0 aliphatic carbocycles. The molecule has 0 saturated carbocycles. The van der Waals surface area contributed by atoms with E-state index in [0.717, 1.165) is 25.5 Å². The van der Waals surface area contributed by atoms with Gasteiger partial charge in [-0.3, -0.25) is 0 Å². The summed E-state index contributed by atoms with van der Waals surface area (Å²) in [4.78, 5) is 0. The molecule has 2 unspecified atom stereocenters. The second-order valence-electron chi connectivity index (χ2n) is 5.91. The van der Waals surface area contributed by atoms with E-state index < -0.39 is 0 Å². The molecule has 2 nitrogen and oxygen atoms in total. The smallest absolute Gasteiger partial charge is 0.0785 e. The molecule has 2 heterocycles. The van der Waals surface area contributed by atoms with Gasteiger partial charge in [-0.15, -0.1) is 0 Å². The average Bonchev–Trinajstić information content (AvgIpc) is 2.76. The van der Waals surface area contributed by atoms with Crippen LogP contribution < -0.4 is 5.32 Å². The van der Waals surface area contributed by atoms with Crippen LogP contribution in [-0.2, 0) is 4.74 Å². The Morgan fingerprint density at radius 2 is 2.39 bits per heavy atom. The molecule has 0 amide bonds. The fourth-order valence-electron chi connectivity index (χ4n) is 2.84. The lowest BCUT2D eigenvalue weighted by Crippen LogP contribution is -2.39. The first kappa shape index (κ1) is 14.4. The second-order valence-corrected chi connectivity index (χ2v) is 7.02. The molecule has 18 heavy (non-hydrogen) atoms. The van der Waals surface area contributed by atoms with Gasteiger partial charge in [0.05, 0.1) is 5.60 Å². The summed E-state index contributed by atoms with van der Waals surface area (Å²) in [5, 5.41) is 3.45. The third-order valence-corrected chi connectivity index (χ3v) is 5.09. The molecule has 3 heteroatoms. The van der Waals surface area contributed by atoms with Gasteiger partial charge in [0.15, 0.2) is 0 Å². The second kappa shape index (κ2) is 6.97. The van der Waals surface area contributed by atoms with Crippen LogP contribution in [0.25, 0.3) is 0 Å². The maximum absolute atomic E-state index is 6.05. The minimum atomic E-state index is 0.230. The molecule has 104 valence electrons. The first-order valence-electron chi connectivity index (χ1n) is 7.32. The SMILES string of the molecule is CC(C)NCCC=CC1CCOC2(CCSC2)C1. The average molecular weight is 269 g/mol. The van der Waals surface area contributed by atoms with E-state index in [0.29, 0.717) is 6.04 Å². The van der Waals surface area contributed by atoms with Gasteiger partial charge in [-0.05, 0) is 43.9 Å². The van der Waals surface area contributed by atoms with Crippen LogP contribution in [0.5, 0.6) is 0 Å². The Kier molecular flexibility index (Phi) is 5.58. The van der Waals surface area contributed by atoms with E-state index in [-0.39, 0.29) is 5.60 Å². The highest BCUT2D eigenvalue weighted by Crippen LogP contribution is 2.40. The van der Waals surface area contributed by atoms with Gasteiger partial charge in [0.2, 0.25) is 0 Å². The van der Waals surface area contributed by atoms with Crippen molar-refractivity contribution in [2.45, 2.75) is 51.2 Å². The van der Waals surface area contributed by atoms with Gasteiger partial charge in [0.25, 0.3) is 0 Å². The van der Waals surface area contributed by atoms with Crippen molar-refractivity contribution in [3.05, 3.63) is 12.2 Å². The molecule has 0 bridgehead atoms. The lowest BCUT2D eigenvalue weighted by molar-refractivity contribution is -0.0718. The van der Waals surface area contributed by atoms with Crippen molar-refractivity contribution in [3.63, 3.8) is 0 Å². The number of ether oxygens (including phenoxy) is 1. The van der Waals surface area contributed by atoms with Gasteiger partial charge in [-0.25, -0.2) is 0 Å². The molecular weight excluding hydrogens is 242 g/mol. The van der Waals surface area contributed by atoms with Gasteiger partial charge < -0.3 is 10.1 Å². The van der Waals surface area contributed by atoms with Crippen LogP contribution in [0.15, 0.2) is 12.2 Å². The van der Waals surface area contributed by atoms with Gasteiger partial charge in [0.1, 0.15) is 0 Å². The Balaban J connectivity index is 1.70. The van der Waals surface area contributed by atoms with Crippen LogP contribution in [0.2, 0.25) is 0 Å². The zero-order chi connectivity index (χ0) is 12.8. The highest BCUT2D eigenvalue weighted by Gasteiger charge is 2.39. The minimum absolute atomic E-state index is 0.230. The predicted octanol–water partition coefficient (Wildman–Crippen LogP) is 3.23. The molecule has 1 spiro atoms. The normalized spacial score (nSPS) is 32.9. The monoisotopic (exact) mass is 269 g/mol. The molecule has 0 aromatic heterocycles. The fraction of sp³-hybridized carbons (Fsp3) is 0.867. The van der Waals surface area contributed by atoms with E-state index in [4.69, 9.17) is 4.74 Å². The van der Waals surface area contributed by atoms with Crippen molar-refractivity contribution in [3.8, 4) is 0 Å². The van der Waals surface area contributed by atoms with Gasteiger partial charge in [-0.1, -0.05) is 26.0 Å². The molecule has 2 fully saturated rings. The molecule has 0 radical (unpaired) electrons. The maximum atomic E-state index is 6.05. The van der Waals surface area contributed by atoms with Crippen LogP contribution in [-0.4, -0.2) is 36.3 Å². The predicted molar refractivity (Wildman–Crippen MR) is 80.2 cm³/mol. The van der Waals surface area contributed by atoms with E-state index in [1.807, 2.05) is 0 Å². The molecule has 0 aromatic carbocycles. The first-order valence-corrected chi connectivity index (χ1v) is 8.47. The van der Waals surface area contributed by atoms with Crippen LogP contribution in [0.4, 0.5) is 0 Å². The number of nitrogens with one attached hydrogen (secondary N) is 1. The zero-order valence-electron chi connectivity index (χ0n) is 11.8. The molecular formula is C15H27NOS. The summed E-state index contributed by atoms with van der Waals surface area (Å²) in [6.07, 6.45) is 9.67. The topological polar surface area (TPSA) is 21.3 Å². The summed E-state index contributed by atoms with van der Waals surface area (Å²) in [5.74, 6) is 3.25. The van der Waals surface area contributed by atoms with E-state index in [2.05, 4.69) is 43.1 Å². The molecule has 1 N–H and O–H groups in total. The molecule has 0 aromatic rings. The van der Waals surface area contributed by atoms with Crippen molar-refractivity contribution in [1.82, 2.24) is 5.32 Å². The minimum Gasteiger partial charge on any atom is -0.374 e. The Bertz CT molecular complexity index is 272. The van der Waals surface area contributed by atoms with E-state index >= 15 is 0 Å². The Morgan fingerprint density at radius 3 is 3.11 bits per heavy atom. The lowest BCUT2D eigenvalue weighted by Gasteiger charge is -2.36. The molecule has 2 saturated heterocycles. The number of hydrogen-bond acceptors (Lipinski definition) is 3. The van der Waals surface area contributed by atoms with Crippen molar-refractivity contribution >= 4 is 11.8 Å². The summed E-state index contributed by atoms with van der Waals surface area (Å²) < 4.78 is 6.05. The highest BCUT2D eigenvalue weighted by molar-refractivity contribution is 7.99. The molecule has 2 atom stereocenters. The van der Waals surface area contributed by atoms with Crippen LogP contribution in [0.1, 0.15) is 39.5 Å². The fourth-order valence-corrected chi connectivity index (χ4v) is 4.22. The van der Waals surface area contributed by atoms with Crippen molar-refractivity contribution in [2.75, 3.05) is 24.7 Å². The third kappa shape index (κ3) is 4.29. The third-order valence-electron chi connectivity index (χ3n) is 3.87. The summed E-state index contributed by atoms with van der Waals surface area (Å²) in [6, 6.07) is 0.597. The summed E-state index contributed by atoms with van der Waals surface area (Å²) >= 11 is 2.06. The standard InChI is InChI=1S/C15H27NOS/c1-13(2)16-8-4-3-5-14-6-9-17-15(11-14)7-10-18-12-15/h3,5,13-14,16H,4,6-12H2,1-2H3. The van der Waals surface area contributed by atoms with Crippen LogP contribution in [0.3, 0.4) is 0 Å². The lowest BCUT2D eigenvalue weighted by atomic mass is 9.85. The summed E-state index contributed by atoms with van der Waals surface area (Å²) in [6.45, 7) is 6.45. The summed E-state index contributed by atoms with van der Waals surface area (Å²) in [7, 11) is 0. The highest BCUT2D eigenvalue weighted by atomic mass is 32.2. The number of rotatable bonds is 5. The van der Waals surface area contributed by atoms with Crippen LogP contribution >= 0.6 is 11.8 Å². The molecule has 2 aliphatic rings. The van der Waals surface area contributed by atoms with E-state index in [1.165, 1.54) is 30.8 Å². The van der Waals surface area contributed by atoms with Crippen molar-refractivity contribution in [2.24, 2.45) is 5.92 Å². The Labute approximate surface area is 116 Å². The van der Waals surface area contributed by atoms with E-state index in [9.17, 15) is 0 Å². The zero-order valence-corrected chi connectivity index (χ0v) is 12.6. The van der Waals surface area contributed by atoms with Gasteiger partial charge in [0, 0.05) is 18.4 Å². The Hall–Kier alpha value is 0.01000. The first-order chi connectivity index (χ1) is 8.70. The maximum Gasteiger partial charge on any atom is 0.0785 e. The molecule has 2 rings (SSSR count). The van der Waals surface area contributed by atoms with Crippen molar-refractivity contribution < 1.29 is 4.74 Å². The quantitative estimate of drug-likeness (QED) is 0.611. The largest absolute Gasteiger partial charge is 0.374 e.